The van der Waals surface area contributed by atoms with Crippen LogP contribution in [0.25, 0.3) is 0 Å². The van der Waals surface area contributed by atoms with Crippen molar-refractivity contribution < 1.29 is 8.42 Å². The fourth-order valence-corrected chi connectivity index (χ4v) is 4.28. The van der Waals surface area contributed by atoms with Gasteiger partial charge in [-0.1, -0.05) is 18.3 Å². The van der Waals surface area contributed by atoms with Crippen molar-refractivity contribution in [1.82, 2.24) is 9.29 Å². The Hall–Kier alpha value is -1.05. The summed E-state index contributed by atoms with van der Waals surface area (Å²) in [5.41, 5.74) is 6.38. The van der Waals surface area contributed by atoms with Gasteiger partial charge in [0.05, 0.1) is 16.8 Å². The van der Waals surface area contributed by atoms with Crippen molar-refractivity contribution in [2.24, 2.45) is 5.73 Å². The van der Waals surface area contributed by atoms with Gasteiger partial charge < -0.3 is 5.73 Å². The van der Waals surface area contributed by atoms with E-state index in [9.17, 15) is 8.42 Å². The number of nitrogens with two attached hydrogens (primary N) is 1. The normalized spacial score (nSPS) is 20.5. The van der Waals surface area contributed by atoms with Crippen LogP contribution in [-0.4, -0.2) is 41.0 Å². The molecular weight excluding hydrogens is 282 g/mol. The molecule has 2 rings (SSSR count). The zero-order valence-corrected chi connectivity index (χ0v) is 12.2. The maximum absolute atomic E-state index is 12.3. The van der Waals surface area contributed by atoms with Crippen LogP contribution < -0.4 is 5.73 Å². The van der Waals surface area contributed by atoms with Crippen LogP contribution in [0, 0.1) is 0 Å². The maximum atomic E-state index is 12.3. The minimum Gasteiger partial charge on any atom is -0.392 e. The number of aryl methyl sites for hydroxylation is 1. The lowest BCUT2D eigenvalue weighted by atomic mass is 10.2. The van der Waals surface area contributed by atoms with Crippen molar-refractivity contribution in [2.75, 3.05) is 12.3 Å². The first-order chi connectivity index (χ1) is 9.00. The van der Waals surface area contributed by atoms with Crippen LogP contribution in [0.4, 0.5) is 0 Å². The van der Waals surface area contributed by atoms with Crippen LogP contribution in [0.5, 0.6) is 0 Å². The molecule has 7 heteroatoms. The molecule has 1 aromatic rings. The van der Waals surface area contributed by atoms with Crippen molar-refractivity contribution in [2.45, 2.75) is 25.3 Å². The van der Waals surface area contributed by atoms with Gasteiger partial charge in [-0.25, -0.2) is 8.42 Å². The van der Waals surface area contributed by atoms with E-state index in [4.69, 9.17) is 18.0 Å². The first-order valence-electron chi connectivity index (χ1n) is 6.19. The Balaban J connectivity index is 2.04. The third-order valence-electron chi connectivity index (χ3n) is 3.23. The Morgan fingerprint density at radius 1 is 1.53 bits per heavy atom. The van der Waals surface area contributed by atoms with Gasteiger partial charge in [-0.3, -0.25) is 4.98 Å². The number of sulfonamides is 1. The third-order valence-corrected chi connectivity index (χ3v) is 5.38. The van der Waals surface area contributed by atoms with Gasteiger partial charge in [-0.2, -0.15) is 4.31 Å². The highest BCUT2D eigenvalue weighted by Crippen LogP contribution is 2.22. The molecule has 1 aliphatic heterocycles. The largest absolute Gasteiger partial charge is 0.392 e. The van der Waals surface area contributed by atoms with Gasteiger partial charge in [-0.05, 0) is 25.0 Å². The summed E-state index contributed by atoms with van der Waals surface area (Å²) < 4.78 is 26.1. The Morgan fingerprint density at radius 2 is 2.32 bits per heavy atom. The van der Waals surface area contributed by atoms with E-state index in [1.165, 1.54) is 4.31 Å². The summed E-state index contributed by atoms with van der Waals surface area (Å²) in [7, 11) is -3.33. The van der Waals surface area contributed by atoms with Crippen LogP contribution in [0.15, 0.2) is 24.4 Å². The van der Waals surface area contributed by atoms with Crippen LogP contribution in [-0.2, 0) is 16.4 Å². The molecule has 1 unspecified atom stereocenters. The molecular formula is C12H17N3O2S2. The number of aromatic nitrogens is 1. The fourth-order valence-electron chi connectivity index (χ4n) is 2.25. The predicted molar refractivity (Wildman–Crippen MR) is 78.2 cm³/mol. The number of hydrogen-bond donors (Lipinski definition) is 1. The molecule has 0 radical (unpaired) electrons. The van der Waals surface area contributed by atoms with E-state index in [1.54, 1.807) is 12.3 Å². The molecule has 2 N–H and O–H groups in total. The summed E-state index contributed by atoms with van der Waals surface area (Å²) >= 11 is 4.94. The minimum absolute atomic E-state index is 0.0448. The van der Waals surface area contributed by atoms with Gasteiger partial charge in [0.25, 0.3) is 0 Å². The minimum atomic E-state index is -3.33. The number of hydrogen-bond acceptors (Lipinski definition) is 4. The average molecular weight is 299 g/mol. The summed E-state index contributed by atoms with van der Waals surface area (Å²) in [5.74, 6) is 0.0448. The summed E-state index contributed by atoms with van der Waals surface area (Å²) in [6.45, 7) is 0.507. The number of rotatable bonds is 5. The van der Waals surface area contributed by atoms with E-state index in [2.05, 4.69) is 4.98 Å². The summed E-state index contributed by atoms with van der Waals surface area (Å²) in [5, 5.41) is 0. The molecule has 5 nitrogen and oxygen atoms in total. The topological polar surface area (TPSA) is 76.3 Å². The van der Waals surface area contributed by atoms with Gasteiger partial charge in [0.15, 0.2) is 0 Å². The smallest absolute Gasteiger partial charge is 0.215 e. The molecule has 1 fully saturated rings. The van der Waals surface area contributed by atoms with Crippen molar-refractivity contribution in [3.05, 3.63) is 30.1 Å². The maximum Gasteiger partial charge on any atom is 0.215 e. The SMILES string of the molecule is NC(=S)C1CCCN1S(=O)(=O)CCc1ccccn1. The van der Waals surface area contributed by atoms with Crippen LogP contribution >= 0.6 is 12.2 Å². The molecule has 0 bridgehead atoms. The molecule has 104 valence electrons. The number of pyridine rings is 1. The zero-order valence-electron chi connectivity index (χ0n) is 10.5. The first-order valence-corrected chi connectivity index (χ1v) is 8.21. The summed E-state index contributed by atoms with van der Waals surface area (Å²) in [6.07, 6.45) is 3.60. The number of nitrogens with zero attached hydrogens (tertiary/aromatic N) is 2. The van der Waals surface area contributed by atoms with Crippen LogP contribution in [0.1, 0.15) is 18.5 Å². The van der Waals surface area contributed by atoms with E-state index in [-0.39, 0.29) is 16.8 Å². The molecule has 1 atom stereocenters. The quantitative estimate of drug-likeness (QED) is 0.810. The lowest BCUT2D eigenvalue weighted by Gasteiger charge is -2.22. The van der Waals surface area contributed by atoms with E-state index >= 15 is 0 Å². The van der Waals surface area contributed by atoms with E-state index in [1.807, 2.05) is 12.1 Å². The van der Waals surface area contributed by atoms with Crippen molar-refractivity contribution in [1.29, 1.82) is 0 Å². The molecule has 0 aliphatic carbocycles. The Kier molecular flexibility index (Phi) is 4.49. The second-order valence-electron chi connectivity index (χ2n) is 4.56. The highest BCUT2D eigenvalue weighted by atomic mass is 32.2. The van der Waals surface area contributed by atoms with Crippen molar-refractivity contribution in [3.8, 4) is 0 Å². The highest BCUT2D eigenvalue weighted by Gasteiger charge is 2.35. The van der Waals surface area contributed by atoms with Gasteiger partial charge in [0.2, 0.25) is 10.0 Å². The summed E-state index contributed by atoms with van der Waals surface area (Å²) in [4.78, 5) is 4.39. The third kappa shape index (κ3) is 3.49. The summed E-state index contributed by atoms with van der Waals surface area (Å²) in [6, 6.07) is 5.16. The van der Waals surface area contributed by atoms with E-state index < -0.39 is 10.0 Å². The molecule has 0 spiro atoms. The Bertz CT molecular complexity index is 545. The predicted octanol–water partition coefficient (Wildman–Crippen LogP) is 0.704. The molecule has 2 heterocycles. The highest BCUT2D eigenvalue weighted by molar-refractivity contribution is 7.89. The van der Waals surface area contributed by atoms with E-state index in [0.717, 1.165) is 18.5 Å². The Morgan fingerprint density at radius 3 is 2.95 bits per heavy atom. The zero-order chi connectivity index (χ0) is 13.9. The molecule has 0 amide bonds. The Labute approximate surface area is 118 Å². The van der Waals surface area contributed by atoms with Crippen molar-refractivity contribution in [3.63, 3.8) is 0 Å². The van der Waals surface area contributed by atoms with Crippen LogP contribution in [0.3, 0.4) is 0 Å². The molecule has 1 saturated heterocycles. The average Bonchev–Trinajstić information content (AvgIpc) is 2.88. The van der Waals surface area contributed by atoms with Gasteiger partial charge in [0, 0.05) is 24.9 Å². The molecule has 1 aromatic heterocycles. The molecule has 0 saturated carbocycles. The number of thiocarbonyl (C=S) groups is 1. The first kappa shape index (κ1) is 14.4. The standard InChI is InChI=1S/C12H17N3O2S2/c13-12(18)11-5-3-8-15(11)19(16,17)9-6-10-4-1-2-7-14-10/h1-2,4,7,11H,3,5-6,8-9H2,(H2,13,18). The molecule has 0 aromatic carbocycles. The van der Waals surface area contributed by atoms with Crippen molar-refractivity contribution >= 4 is 27.2 Å². The fraction of sp³-hybridized carbons (Fsp3) is 0.500. The van der Waals surface area contributed by atoms with Gasteiger partial charge in [0.1, 0.15) is 0 Å². The lowest BCUT2D eigenvalue weighted by Crippen LogP contribution is -2.44. The molecule has 1 aliphatic rings. The second kappa shape index (κ2) is 5.94. The van der Waals surface area contributed by atoms with E-state index in [0.29, 0.717) is 13.0 Å². The second-order valence-corrected chi connectivity index (χ2v) is 7.07. The van der Waals surface area contributed by atoms with Gasteiger partial charge in [-0.15, -0.1) is 0 Å². The van der Waals surface area contributed by atoms with Crippen LogP contribution in [0.2, 0.25) is 0 Å². The monoisotopic (exact) mass is 299 g/mol. The lowest BCUT2D eigenvalue weighted by molar-refractivity contribution is 0.446. The molecule has 19 heavy (non-hydrogen) atoms. The van der Waals surface area contributed by atoms with Gasteiger partial charge >= 0.3 is 0 Å².